The van der Waals surface area contributed by atoms with Crippen LogP contribution in [-0.4, -0.2) is 49.1 Å². The number of fused-ring (bicyclic) bond motifs is 2. The molecule has 2 aromatic rings. The van der Waals surface area contributed by atoms with E-state index >= 15 is 0 Å². The van der Waals surface area contributed by atoms with Gasteiger partial charge in [-0.3, -0.25) is 9.59 Å². The van der Waals surface area contributed by atoms with Gasteiger partial charge in [-0.2, -0.15) is 4.31 Å². The van der Waals surface area contributed by atoms with Crippen LogP contribution in [0.15, 0.2) is 53.6 Å². The minimum Gasteiger partial charge on any atom is -0.312 e. The highest BCUT2D eigenvalue weighted by Gasteiger charge is 2.33. The van der Waals surface area contributed by atoms with Crippen LogP contribution < -0.4 is 4.90 Å². The minimum absolute atomic E-state index is 0.0771. The zero-order valence-corrected chi connectivity index (χ0v) is 20.1. The molecule has 178 valence electrons. The van der Waals surface area contributed by atoms with Crippen LogP contribution >= 0.6 is 0 Å². The Bertz CT molecular complexity index is 1260. The smallest absolute Gasteiger partial charge is 0.243 e. The number of carbonyl (C=O) groups is 2. The maximum Gasteiger partial charge on any atom is 0.243 e. The summed E-state index contributed by atoms with van der Waals surface area (Å²) in [6.45, 7) is 3.14. The molecule has 1 unspecified atom stereocenters. The van der Waals surface area contributed by atoms with Crippen molar-refractivity contribution in [1.82, 2.24) is 9.21 Å². The van der Waals surface area contributed by atoms with Gasteiger partial charge >= 0.3 is 0 Å². The highest BCUT2D eigenvalue weighted by Crippen LogP contribution is 2.36. The maximum absolute atomic E-state index is 13.4. The first-order valence-electron chi connectivity index (χ1n) is 11.9. The number of nitrogens with zero attached hydrogens (tertiary/aromatic N) is 3. The Morgan fingerprint density at radius 2 is 1.76 bits per heavy atom. The van der Waals surface area contributed by atoms with E-state index in [0.717, 1.165) is 41.6 Å². The van der Waals surface area contributed by atoms with Gasteiger partial charge in [0.2, 0.25) is 21.8 Å². The van der Waals surface area contributed by atoms with Crippen molar-refractivity contribution in [2.24, 2.45) is 0 Å². The third-order valence-electron chi connectivity index (χ3n) is 7.04. The third kappa shape index (κ3) is 4.05. The summed E-state index contributed by atoms with van der Waals surface area (Å²) in [7, 11) is -3.52. The summed E-state index contributed by atoms with van der Waals surface area (Å²) in [6, 6.07) is 12.5. The summed E-state index contributed by atoms with van der Waals surface area (Å²) in [5.74, 6) is -0.190. The van der Waals surface area contributed by atoms with Gasteiger partial charge in [-0.15, -0.1) is 0 Å². The summed E-state index contributed by atoms with van der Waals surface area (Å²) in [6.07, 6.45) is 7.27. The molecule has 0 saturated carbocycles. The van der Waals surface area contributed by atoms with Crippen LogP contribution in [0.4, 0.5) is 5.69 Å². The number of hydrogen-bond donors (Lipinski definition) is 0. The zero-order chi connectivity index (χ0) is 23.9. The highest BCUT2D eigenvalue weighted by molar-refractivity contribution is 7.89. The lowest BCUT2D eigenvalue weighted by Gasteiger charge is -2.33. The predicted molar refractivity (Wildman–Crippen MR) is 130 cm³/mol. The lowest BCUT2D eigenvalue weighted by atomic mass is 9.93. The number of anilines is 1. The fourth-order valence-electron chi connectivity index (χ4n) is 5.24. The van der Waals surface area contributed by atoms with Gasteiger partial charge in [0, 0.05) is 38.4 Å². The van der Waals surface area contributed by atoms with E-state index in [9.17, 15) is 18.0 Å². The van der Waals surface area contributed by atoms with Crippen LogP contribution in [0.3, 0.4) is 0 Å². The summed E-state index contributed by atoms with van der Waals surface area (Å²) >= 11 is 0. The van der Waals surface area contributed by atoms with Crippen molar-refractivity contribution in [2.45, 2.75) is 50.0 Å². The number of benzene rings is 2. The third-order valence-corrected chi connectivity index (χ3v) is 8.93. The Morgan fingerprint density at radius 1 is 1.00 bits per heavy atom. The number of sulfonamides is 1. The molecule has 0 bridgehead atoms. The second-order valence-electron chi connectivity index (χ2n) is 9.14. The average Bonchev–Trinajstić information content (AvgIpc) is 3.28. The molecule has 34 heavy (non-hydrogen) atoms. The fraction of sp³-hybridized carbons (Fsp3) is 0.385. The number of carbonyl (C=O) groups excluding carboxylic acids is 2. The number of amides is 2. The first kappa shape index (κ1) is 22.8. The quantitative estimate of drug-likeness (QED) is 0.670. The molecular weight excluding hydrogens is 450 g/mol. The largest absolute Gasteiger partial charge is 0.312 e. The molecule has 8 heteroatoms. The molecule has 0 aromatic heterocycles. The Labute approximate surface area is 200 Å². The number of rotatable bonds is 4. The lowest BCUT2D eigenvalue weighted by Crippen LogP contribution is -2.37. The van der Waals surface area contributed by atoms with E-state index in [1.165, 1.54) is 6.92 Å². The molecule has 3 heterocycles. The van der Waals surface area contributed by atoms with Crippen molar-refractivity contribution in [3.63, 3.8) is 0 Å². The van der Waals surface area contributed by atoms with Crippen LogP contribution in [0.5, 0.6) is 0 Å². The van der Waals surface area contributed by atoms with Gasteiger partial charge in [0.25, 0.3) is 0 Å². The fourth-order valence-corrected chi connectivity index (χ4v) is 6.81. The predicted octanol–water partition coefficient (Wildman–Crippen LogP) is 3.71. The first-order valence-corrected chi connectivity index (χ1v) is 13.3. The molecule has 7 nitrogen and oxygen atoms in total. The minimum atomic E-state index is -3.52. The molecule has 2 amide bonds. The highest BCUT2D eigenvalue weighted by atomic mass is 32.2. The Balaban J connectivity index is 1.38. The van der Waals surface area contributed by atoms with Gasteiger partial charge in [0.15, 0.2) is 0 Å². The Hall–Kier alpha value is -2.97. The molecule has 5 rings (SSSR count). The maximum atomic E-state index is 13.4. The Kier molecular flexibility index (Phi) is 6.04. The topological polar surface area (TPSA) is 78.0 Å². The van der Waals surface area contributed by atoms with Gasteiger partial charge in [0.05, 0.1) is 17.4 Å². The van der Waals surface area contributed by atoms with E-state index in [-0.39, 0.29) is 24.3 Å². The summed E-state index contributed by atoms with van der Waals surface area (Å²) in [4.78, 5) is 29.3. The van der Waals surface area contributed by atoms with Crippen LogP contribution in [-0.2, 0) is 26.0 Å². The molecule has 1 saturated heterocycles. The second kappa shape index (κ2) is 9.00. The van der Waals surface area contributed by atoms with E-state index in [2.05, 4.69) is 0 Å². The van der Waals surface area contributed by atoms with E-state index in [4.69, 9.17) is 0 Å². The Morgan fingerprint density at radius 3 is 2.53 bits per heavy atom. The molecule has 1 fully saturated rings. The van der Waals surface area contributed by atoms with Gasteiger partial charge in [-0.25, -0.2) is 8.42 Å². The van der Waals surface area contributed by atoms with Gasteiger partial charge in [0.1, 0.15) is 0 Å². The molecule has 1 atom stereocenters. The van der Waals surface area contributed by atoms with E-state index in [0.29, 0.717) is 31.0 Å². The van der Waals surface area contributed by atoms with Crippen LogP contribution in [0.25, 0.3) is 6.08 Å². The molecule has 0 aliphatic carbocycles. The normalized spacial score (nSPS) is 20.2. The summed E-state index contributed by atoms with van der Waals surface area (Å²) < 4.78 is 27.7. The van der Waals surface area contributed by atoms with Crippen molar-refractivity contribution in [3.8, 4) is 0 Å². The van der Waals surface area contributed by atoms with E-state index < -0.39 is 10.0 Å². The van der Waals surface area contributed by atoms with Crippen molar-refractivity contribution in [1.29, 1.82) is 0 Å². The van der Waals surface area contributed by atoms with Crippen LogP contribution in [0, 0.1) is 0 Å². The lowest BCUT2D eigenvalue weighted by molar-refractivity contribution is -0.129. The molecular formula is C26H29N3O4S. The van der Waals surface area contributed by atoms with Gasteiger partial charge < -0.3 is 9.80 Å². The van der Waals surface area contributed by atoms with E-state index in [1.807, 2.05) is 30.3 Å². The molecule has 0 spiro atoms. The number of piperidine rings is 1. The van der Waals surface area contributed by atoms with Crippen molar-refractivity contribution in [2.75, 3.05) is 24.5 Å². The second-order valence-corrected chi connectivity index (χ2v) is 11.1. The molecule has 2 aromatic carbocycles. The van der Waals surface area contributed by atoms with E-state index in [1.54, 1.807) is 38.5 Å². The first-order chi connectivity index (χ1) is 16.4. The van der Waals surface area contributed by atoms with Gasteiger partial charge in [-0.05, 0) is 60.2 Å². The number of hydrogen-bond acceptors (Lipinski definition) is 4. The molecule has 0 N–H and O–H groups in total. The van der Waals surface area contributed by atoms with Crippen LogP contribution in [0.1, 0.15) is 55.3 Å². The summed E-state index contributed by atoms with van der Waals surface area (Å²) in [5, 5.41) is 0. The SMILES string of the molecule is CC(=O)N1C=Cc2ccccc2C1CC(=O)N1CCc2cc(S(=O)(=O)N3CCCCC3)ccc21. The molecule has 3 aliphatic heterocycles. The average molecular weight is 480 g/mol. The zero-order valence-electron chi connectivity index (χ0n) is 19.3. The molecule has 3 aliphatic rings. The van der Waals surface area contributed by atoms with Crippen molar-refractivity contribution < 1.29 is 18.0 Å². The molecule has 0 radical (unpaired) electrons. The standard InChI is InChI=1S/C26H29N3O4S/c1-19(30)28-15-11-20-7-3-4-8-23(20)25(28)18-26(31)29-16-12-21-17-22(9-10-24(21)29)34(32,33)27-13-5-2-6-14-27/h3-4,7-11,15,17,25H,2,5-6,12-14,16,18H2,1H3. The van der Waals surface area contributed by atoms with Gasteiger partial charge in [-0.1, -0.05) is 30.7 Å². The van der Waals surface area contributed by atoms with Crippen molar-refractivity contribution >= 4 is 33.6 Å². The van der Waals surface area contributed by atoms with Crippen molar-refractivity contribution in [3.05, 3.63) is 65.4 Å². The summed E-state index contributed by atoms with van der Waals surface area (Å²) in [5.41, 5.74) is 3.60. The monoisotopic (exact) mass is 479 g/mol. The van der Waals surface area contributed by atoms with Crippen LogP contribution in [0.2, 0.25) is 0 Å².